The molecule has 100 valence electrons. The van der Waals surface area contributed by atoms with Crippen molar-refractivity contribution in [1.29, 1.82) is 0 Å². The summed E-state index contributed by atoms with van der Waals surface area (Å²) in [6.45, 7) is 4.59. The van der Waals surface area contributed by atoms with Crippen LogP contribution in [0.3, 0.4) is 0 Å². The highest BCUT2D eigenvalue weighted by atomic mass is 79.9. The molecule has 19 heavy (non-hydrogen) atoms. The molecule has 0 heterocycles. The summed E-state index contributed by atoms with van der Waals surface area (Å²) in [5, 5.41) is 13.7. The number of benzene rings is 2. The van der Waals surface area contributed by atoms with Crippen LogP contribution in [0.2, 0.25) is 5.02 Å². The molecule has 0 fully saturated rings. The zero-order valence-electron chi connectivity index (χ0n) is 10.8. The van der Waals surface area contributed by atoms with E-state index < -0.39 is 0 Å². The summed E-state index contributed by atoms with van der Waals surface area (Å²) in [6.07, 6.45) is 0. The van der Waals surface area contributed by atoms with Crippen molar-refractivity contribution in [2.75, 3.05) is 5.32 Å². The first-order chi connectivity index (χ1) is 8.99. The van der Waals surface area contributed by atoms with Gasteiger partial charge in [-0.3, -0.25) is 0 Å². The average Bonchev–Trinajstić information content (AvgIpc) is 2.31. The zero-order valence-corrected chi connectivity index (χ0v) is 13.1. The van der Waals surface area contributed by atoms with Crippen LogP contribution >= 0.6 is 27.5 Å². The van der Waals surface area contributed by atoms with Crippen molar-refractivity contribution in [3.05, 3.63) is 56.5 Å². The molecule has 4 heteroatoms. The minimum Gasteiger partial charge on any atom is -0.508 e. The molecule has 0 bridgehead atoms. The van der Waals surface area contributed by atoms with Crippen LogP contribution in [-0.4, -0.2) is 5.11 Å². The van der Waals surface area contributed by atoms with E-state index in [1.807, 2.05) is 13.8 Å². The first-order valence-corrected chi connectivity index (χ1v) is 7.13. The second kappa shape index (κ2) is 5.85. The maximum absolute atomic E-state index is 9.82. The summed E-state index contributed by atoms with van der Waals surface area (Å²) in [7, 11) is 0. The van der Waals surface area contributed by atoms with E-state index >= 15 is 0 Å². The van der Waals surface area contributed by atoms with Crippen LogP contribution in [-0.2, 0) is 6.54 Å². The van der Waals surface area contributed by atoms with Crippen LogP contribution in [0.4, 0.5) is 5.69 Å². The lowest BCUT2D eigenvalue weighted by Crippen LogP contribution is -2.04. The van der Waals surface area contributed by atoms with Crippen molar-refractivity contribution < 1.29 is 5.11 Å². The zero-order chi connectivity index (χ0) is 14.0. The molecule has 0 radical (unpaired) electrons. The third-order valence-corrected chi connectivity index (χ3v) is 3.85. The van der Waals surface area contributed by atoms with Gasteiger partial charge in [0.1, 0.15) is 5.75 Å². The maximum Gasteiger partial charge on any atom is 0.122 e. The SMILES string of the molecule is Cc1cc(Br)cc(C)c1NCc1c(O)cccc1Cl. The molecule has 2 aromatic rings. The van der Waals surface area contributed by atoms with E-state index in [2.05, 4.69) is 33.4 Å². The Morgan fingerprint density at radius 3 is 2.42 bits per heavy atom. The van der Waals surface area contributed by atoms with E-state index in [9.17, 15) is 5.11 Å². The van der Waals surface area contributed by atoms with E-state index in [4.69, 9.17) is 11.6 Å². The summed E-state index contributed by atoms with van der Waals surface area (Å²) in [6, 6.07) is 9.27. The molecule has 0 aliphatic carbocycles. The highest BCUT2D eigenvalue weighted by molar-refractivity contribution is 9.10. The van der Waals surface area contributed by atoms with Crippen LogP contribution in [0.5, 0.6) is 5.75 Å². The Hall–Kier alpha value is -1.19. The molecule has 0 atom stereocenters. The maximum atomic E-state index is 9.82. The molecule has 0 aromatic heterocycles. The van der Waals surface area contributed by atoms with Gasteiger partial charge in [0.15, 0.2) is 0 Å². The van der Waals surface area contributed by atoms with Gasteiger partial charge in [0.05, 0.1) is 0 Å². The summed E-state index contributed by atoms with van der Waals surface area (Å²) in [5.41, 5.74) is 4.09. The normalized spacial score (nSPS) is 10.5. The summed E-state index contributed by atoms with van der Waals surface area (Å²) in [5.74, 6) is 0.215. The van der Waals surface area contributed by atoms with E-state index in [0.717, 1.165) is 21.3 Å². The van der Waals surface area contributed by atoms with Crippen molar-refractivity contribution in [2.45, 2.75) is 20.4 Å². The Kier molecular flexibility index (Phi) is 4.38. The molecule has 0 saturated carbocycles. The number of aryl methyl sites for hydroxylation is 2. The quantitative estimate of drug-likeness (QED) is 0.820. The van der Waals surface area contributed by atoms with Crippen LogP contribution < -0.4 is 5.32 Å². The number of aromatic hydroxyl groups is 1. The Morgan fingerprint density at radius 2 is 1.84 bits per heavy atom. The van der Waals surface area contributed by atoms with Crippen molar-refractivity contribution >= 4 is 33.2 Å². The molecule has 0 unspecified atom stereocenters. The highest BCUT2D eigenvalue weighted by Crippen LogP contribution is 2.29. The first-order valence-electron chi connectivity index (χ1n) is 5.96. The fraction of sp³-hybridized carbons (Fsp3) is 0.200. The molecule has 2 nitrogen and oxygen atoms in total. The average molecular weight is 341 g/mol. The van der Waals surface area contributed by atoms with Gasteiger partial charge in [-0.2, -0.15) is 0 Å². The molecular weight excluding hydrogens is 326 g/mol. The van der Waals surface area contributed by atoms with Gasteiger partial charge < -0.3 is 10.4 Å². The second-order valence-corrected chi connectivity index (χ2v) is 5.83. The number of phenols is 1. The Labute approximate surface area is 126 Å². The first kappa shape index (κ1) is 14.2. The molecule has 0 amide bonds. The van der Waals surface area contributed by atoms with Gasteiger partial charge in [0.2, 0.25) is 0 Å². The topological polar surface area (TPSA) is 32.3 Å². The lowest BCUT2D eigenvalue weighted by atomic mass is 10.1. The van der Waals surface area contributed by atoms with Crippen LogP contribution in [0.1, 0.15) is 16.7 Å². The fourth-order valence-electron chi connectivity index (χ4n) is 2.09. The summed E-state index contributed by atoms with van der Waals surface area (Å²) in [4.78, 5) is 0. The van der Waals surface area contributed by atoms with E-state index in [1.165, 1.54) is 0 Å². The van der Waals surface area contributed by atoms with E-state index in [1.54, 1.807) is 18.2 Å². The monoisotopic (exact) mass is 339 g/mol. The van der Waals surface area contributed by atoms with Gasteiger partial charge in [0, 0.05) is 27.3 Å². The predicted molar refractivity (Wildman–Crippen MR) is 84.1 cm³/mol. The number of hydrogen-bond donors (Lipinski definition) is 2. The van der Waals surface area contributed by atoms with Gasteiger partial charge in [0.25, 0.3) is 0 Å². The van der Waals surface area contributed by atoms with Crippen molar-refractivity contribution in [3.8, 4) is 5.75 Å². The van der Waals surface area contributed by atoms with Gasteiger partial charge in [-0.05, 0) is 49.2 Å². The summed E-state index contributed by atoms with van der Waals surface area (Å²) < 4.78 is 1.06. The Balaban J connectivity index is 2.24. The molecule has 0 aliphatic rings. The predicted octanol–water partition coefficient (Wildman–Crippen LogP) is 5.04. The van der Waals surface area contributed by atoms with Crippen LogP contribution in [0.15, 0.2) is 34.8 Å². The van der Waals surface area contributed by atoms with Crippen LogP contribution in [0, 0.1) is 13.8 Å². The molecule has 0 aliphatic heterocycles. The van der Waals surface area contributed by atoms with Crippen molar-refractivity contribution in [3.63, 3.8) is 0 Å². The standard InChI is InChI=1S/C15H15BrClNO/c1-9-6-11(16)7-10(2)15(9)18-8-12-13(17)4-3-5-14(12)19/h3-7,18-19H,8H2,1-2H3. The minimum absolute atomic E-state index is 0.215. The largest absolute Gasteiger partial charge is 0.508 e. The number of hydrogen-bond acceptors (Lipinski definition) is 2. The molecular formula is C15H15BrClNO. The number of anilines is 1. The smallest absolute Gasteiger partial charge is 0.122 e. The van der Waals surface area contributed by atoms with Gasteiger partial charge in [-0.15, -0.1) is 0 Å². The third kappa shape index (κ3) is 3.23. The minimum atomic E-state index is 0.215. The second-order valence-electron chi connectivity index (χ2n) is 4.51. The lowest BCUT2D eigenvalue weighted by Gasteiger charge is -2.15. The van der Waals surface area contributed by atoms with Crippen molar-refractivity contribution in [2.24, 2.45) is 0 Å². The van der Waals surface area contributed by atoms with Gasteiger partial charge >= 0.3 is 0 Å². The number of halogens is 2. The lowest BCUT2D eigenvalue weighted by molar-refractivity contribution is 0.469. The molecule has 2 aromatic carbocycles. The fourth-order valence-corrected chi connectivity index (χ4v) is 3.01. The molecule has 0 saturated heterocycles. The Bertz CT molecular complexity index is 570. The van der Waals surface area contributed by atoms with Crippen molar-refractivity contribution in [1.82, 2.24) is 0 Å². The number of rotatable bonds is 3. The summed E-state index contributed by atoms with van der Waals surface area (Å²) >= 11 is 9.57. The van der Waals surface area contributed by atoms with E-state index in [-0.39, 0.29) is 5.75 Å². The van der Waals surface area contributed by atoms with Gasteiger partial charge in [-0.25, -0.2) is 0 Å². The molecule has 0 spiro atoms. The molecule has 2 rings (SSSR count). The number of phenolic OH excluding ortho intramolecular Hbond substituents is 1. The van der Waals surface area contributed by atoms with E-state index in [0.29, 0.717) is 17.1 Å². The third-order valence-electron chi connectivity index (χ3n) is 3.03. The molecule has 2 N–H and O–H groups in total. The Morgan fingerprint density at radius 1 is 1.21 bits per heavy atom. The van der Waals surface area contributed by atoms with Crippen LogP contribution in [0.25, 0.3) is 0 Å². The number of nitrogens with one attached hydrogen (secondary N) is 1. The highest BCUT2D eigenvalue weighted by Gasteiger charge is 2.08. The van der Waals surface area contributed by atoms with Gasteiger partial charge in [-0.1, -0.05) is 33.6 Å².